The zero-order chi connectivity index (χ0) is 12.3. The largest absolute Gasteiger partial charge is 0.308 e. The maximum absolute atomic E-state index is 3.59. The molecule has 1 aliphatic rings. The molecule has 1 saturated heterocycles. The Kier molecular flexibility index (Phi) is 4.19. The summed E-state index contributed by atoms with van der Waals surface area (Å²) < 4.78 is 0. The van der Waals surface area contributed by atoms with Crippen molar-refractivity contribution in [2.75, 3.05) is 26.7 Å². The van der Waals surface area contributed by atoms with Gasteiger partial charge in [-0.05, 0) is 30.5 Å². The summed E-state index contributed by atoms with van der Waals surface area (Å²) in [7, 11) is 2.20. The fourth-order valence-electron chi connectivity index (χ4n) is 2.41. The highest BCUT2D eigenvalue weighted by molar-refractivity contribution is 5.27. The van der Waals surface area contributed by atoms with Crippen molar-refractivity contribution < 1.29 is 0 Å². The molecule has 17 heavy (non-hydrogen) atoms. The molecule has 94 valence electrons. The van der Waals surface area contributed by atoms with Gasteiger partial charge in [-0.25, -0.2) is 0 Å². The first kappa shape index (κ1) is 12.6. The molecule has 2 unspecified atom stereocenters. The van der Waals surface area contributed by atoms with Gasteiger partial charge >= 0.3 is 0 Å². The highest BCUT2D eigenvalue weighted by Gasteiger charge is 2.17. The molecule has 0 aromatic heterocycles. The van der Waals surface area contributed by atoms with E-state index in [9.17, 15) is 0 Å². The van der Waals surface area contributed by atoms with E-state index in [0.29, 0.717) is 12.0 Å². The molecule has 1 heterocycles. The molecule has 1 N–H and O–H groups in total. The first-order valence-electron chi connectivity index (χ1n) is 6.72. The number of nitrogens with zero attached hydrogens (tertiary/aromatic N) is 1. The molecular weight excluding hydrogens is 208 g/mol. The summed E-state index contributed by atoms with van der Waals surface area (Å²) in [6.07, 6.45) is 1.21. The summed E-state index contributed by atoms with van der Waals surface area (Å²) in [6, 6.07) is 9.66. The van der Waals surface area contributed by atoms with E-state index < -0.39 is 0 Å². The Bertz CT molecular complexity index is 344. The van der Waals surface area contributed by atoms with E-state index in [2.05, 4.69) is 55.4 Å². The van der Waals surface area contributed by atoms with Gasteiger partial charge in [0.2, 0.25) is 0 Å². The summed E-state index contributed by atoms with van der Waals surface area (Å²) in [5, 5.41) is 3.59. The maximum Gasteiger partial charge on any atom is 0.0449 e. The normalized spacial score (nSPS) is 23.6. The zero-order valence-electron chi connectivity index (χ0n) is 11.2. The third kappa shape index (κ3) is 3.08. The summed E-state index contributed by atoms with van der Waals surface area (Å²) >= 11 is 0. The van der Waals surface area contributed by atoms with Crippen LogP contribution in [-0.4, -0.2) is 31.6 Å². The molecule has 0 radical (unpaired) electrons. The second-order valence-corrected chi connectivity index (χ2v) is 5.24. The number of hydrogen-bond donors (Lipinski definition) is 1. The van der Waals surface area contributed by atoms with Crippen molar-refractivity contribution >= 4 is 0 Å². The first-order chi connectivity index (χ1) is 8.20. The van der Waals surface area contributed by atoms with E-state index in [0.717, 1.165) is 19.6 Å². The molecule has 2 nitrogen and oxygen atoms in total. The Labute approximate surface area is 105 Å². The van der Waals surface area contributed by atoms with Crippen LogP contribution in [0.15, 0.2) is 24.3 Å². The Balaban J connectivity index is 2.06. The van der Waals surface area contributed by atoms with Gasteiger partial charge in [-0.15, -0.1) is 0 Å². The summed E-state index contributed by atoms with van der Waals surface area (Å²) in [4.78, 5) is 2.39. The Morgan fingerprint density at radius 3 is 2.65 bits per heavy atom. The van der Waals surface area contributed by atoms with Crippen LogP contribution in [-0.2, 0) is 0 Å². The van der Waals surface area contributed by atoms with Gasteiger partial charge in [-0.2, -0.15) is 0 Å². The van der Waals surface area contributed by atoms with Crippen molar-refractivity contribution in [3.8, 4) is 0 Å². The van der Waals surface area contributed by atoms with Gasteiger partial charge < -0.3 is 10.2 Å². The molecule has 1 aliphatic heterocycles. The van der Waals surface area contributed by atoms with E-state index >= 15 is 0 Å². The standard InChI is InChI=1S/C15H24N2/c1-4-12(2)13-5-7-14(8-6-13)15-11-17(3)10-9-16-15/h5-8,12,15-16H,4,9-11H2,1-3H3. The van der Waals surface area contributed by atoms with E-state index in [1.54, 1.807) is 0 Å². The Morgan fingerprint density at radius 2 is 2.06 bits per heavy atom. The van der Waals surface area contributed by atoms with Gasteiger partial charge in [-0.3, -0.25) is 0 Å². The monoisotopic (exact) mass is 232 g/mol. The molecule has 2 atom stereocenters. The molecule has 1 aromatic carbocycles. The van der Waals surface area contributed by atoms with Crippen LogP contribution in [0.4, 0.5) is 0 Å². The van der Waals surface area contributed by atoms with Gasteiger partial charge in [0.25, 0.3) is 0 Å². The average molecular weight is 232 g/mol. The van der Waals surface area contributed by atoms with E-state index in [1.807, 2.05) is 0 Å². The van der Waals surface area contributed by atoms with Crippen molar-refractivity contribution in [3.63, 3.8) is 0 Å². The lowest BCUT2D eigenvalue weighted by Crippen LogP contribution is -2.43. The smallest absolute Gasteiger partial charge is 0.0449 e. The lowest BCUT2D eigenvalue weighted by Gasteiger charge is -2.31. The van der Waals surface area contributed by atoms with Crippen molar-refractivity contribution in [3.05, 3.63) is 35.4 Å². The van der Waals surface area contributed by atoms with Gasteiger partial charge in [-0.1, -0.05) is 38.1 Å². The van der Waals surface area contributed by atoms with Gasteiger partial charge in [0.05, 0.1) is 0 Å². The summed E-state index contributed by atoms with van der Waals surface area (Å²) in [6.45, 7) is 7.90. The highest BCUT2D eigenvalue weighted by Crippen LogP contribution is 2.22. The van der Waals surface area contributed by atoms with Crippen LogP contribution in [0.25, 0.3) is 0 Å². The molecule has 2 heteroatoms. The topological polar surface area (TPSA) is 15.3 Å². The lowest BCUT2D eigenvalue weighted by molar-refractivity contribution is 0.241. The molecule has 0 saturated carbocycles. The molecular formula is C15H24N2. The molecule has 2 rings (SSSR count). The number of piperazine rings is 1. The number of likely N-dealkylation sites (N-methyl/N-ethyl adjacent to an activating group) is 1. The van der Waals surface area contributed by atoms with Crippen LogP contribution >= 0.6 is 0 Å². The molecule has 0 aliphatic carbocycles. The van der Waals surface area contributed by atoms with Crippen LogP contribution in [0.5, 0.6) is 0 Å². The maximum atomic E-state index is 3.59. The van der Waals surface area contributed by atoms with Crippen LogP contribution in [0.1, 0.15) is 43.4 Å². The number of nitrogens with one attached hydrogen (secondary N) is 1. The Hall–Kier alpha value is -0.860. The number of hydrogen-bond acceptors (Lipinski definition) is 2. The summed E-state index contributed by atoms with van der Waals surface area (Å²) in [5.74, 6) is 0.672. The average Bonchev–Trinajstić information content (AvgIpc) is 2.38. The zero-order valence-corrected chi connectivity index (χ0v) is 11.2. The van der Waals surface area contributed by atoms with Crippen LogP contribution in [0, 0.1) is 0 Å². The second kappa shape index (κ2) is 5.65. The Morgan fingerprint density at radius 1 is 1.35 bits per heavy atom. The van der Waals surface area contributed by atoms with Crippen LogP contribution in [0.2, 0.25) is 0 Å². The van der Waals surface area contributed by atoms with Crippen LogP contribution < -0.4 is 5.32 Å². The lowest BCUT2D eigenvalue weighted by atomic mass is 9.95. The fourth-order valence-corrected chi connectivity index (χ4v) is 2.41. The van der Waals surface area contributed by atoms with E-state index in [1.165, 1.54) is 17.5 Å². The quantitative estimate of drug-likeness (QED) is 0.862. The predicted molar refractivity (Wildman–Crippen MR) is 73.4 cm³/mol. The van der Waals surface area contributed by atoms with Crippen molar-refractivity contribution in [2.45, 2.75) is 32.2 Å². The predicted octanol–water partition coefficient (Wildman–Crippen LogP) is 2.78. The molecule has 0 bridgehead atoms. The molecule has 1 aromatic rings. The highest BCUT2D eigenvalue weighted by atomic mass is 15.2. The number of rotatable bonds is 3. The molecule has 1 fully saturated rings. The summed E-state index contributed by atoms with van der Waals surface area (Å²) in [5.41, 5.74) is 2.88. The van der Waals surface area contributed by atoms with Crippen molar-refractivity contribution in [1.29, 1.82) is 0 Å². The van der Waals surface area contributed by atoms with Crippen LogP contribution in [0.3, 0.4) is 0 Å². The third-order valence-corrected chi connectivity index (χ3v) is 3.90. The van der Waals surface area contributed by atoms with Gasteiger partial charge in [0.1, 0.15) is 0 Å². The van der Waals surface area contributed by atoms with E-state index in [4.69, 9.17) is 0 Å². The minimum absolute atomic E-state index is 0.500. The van der Waals surface area contributed by atoms with Gasteiger partial charge in [0, 0.05) is 25.7 Å². The minimum Gasteiger partial charge on any atom is -0.308 e. The fraction of sp³-hybridized carbons (Fsp3) is 0.600. The first-order valence-corrected chi connectivity index (χ1v) is 6.72. The molecule has 0 amide bonds. The number of benzene rings is 1. The second-order valence-electron chi connectivity index (χ2n) is 5.24. The third-order valence-electron chi connectivity index (χ3n) is 3.90. The van der Waals surface area contributed by atoms with Crippen molar-refractivity contribution in [2.24, 2.45) is 0 Å². The minimum atomic E-state index is 0.500. The van der Waals surface area contributed by atoms with Gasteiger partial charge in [0.15, 0.2) is 0 Å². The SMILES string of the molecule is CCC(C)c1ccc(C2CN(C)CCN2)cc1. The molecule has 0 spiro atoms. The van der Waals surface area contributed by atoms with E-state index in [-0.39, 0.29) is 0 Å². The van der Waals surface area contributed by atoms with Crippen molar-refractivity contribution in [1.82, 2.24) is 10.2 Å².